The predicted octanol–water partition coefficient (Wildman–Crippen LogP) is 0.492. The van der Waals surface area contributed by atoms with Crippen LogP contribution in [0.2, 0.25) is 0 Å². The zero-order valence-electron chi connectivity index (χ0n) is 8.37. The molecule has 0 aromatic rings. The molecule has 0 radical (unpaired) electrons. The fraction of sp³-hybridized carbons (Fsp3) is 0.778. The van der Waals surface area contributed by atoms with Crippen molar-refractivity contribution < 1.29 is 14.3 Å². The molecule has 0 spiro atoms. The Morgan fingerprint density at radius 3 is 2.31 bits per heavy atom. The number of carbonyl (C=O) groups excluding carboxylic acids is 2. The molecule has 2 N–H and O–H groups in total. The van der Waals surface area contributed by atoms with E-state index in [4.69, 9.17) is 5.73 Å². The van der Waals surface area contributed by atoms with Crippen LogP contribution >= 0.6 is 0 Å². The van der Waals surface area contributed by atoms with Crippen LogP contribution in [0.25, 0.3) is 0 Å². The van der Waals surface area contributed by atoms with Crippen LogP contribution in [0.4, 0.5) is 0 Å². The minimum atomic E-state index is -0.514. The summed E-state index contributed by atoms with van der Waals surface area (Å²) in [6, 6.07) is -0.514. The van der Waals surface area contributed by atoms with E-state index in [2.05, 4.69) is 4.74 Å². The first kappa shape index (κ1) is 12.1. The van der Waals surface area contributed by atoms with E-state index in [-0.39, 0.29) is 12.4 Å². The van der Waals surface area contributed by atoms with Crippen molar-refractivity contribution in [1.82, 2.24) is 0 Å². The summed E-state index contributed by atoms with van der Waals surface area (Å²) in [4.78, 5) is 21.6. The van der Waals surface area contributed by atoms with Crippen LogP contribution < -0.4 is 5.73 Å². The van der Waals surface area contributed by atoms with Gasteiger partial charge in [0.05, 0.1) is 6.04 Å². The minimum absolute atomic E-state index is 0.205. The van der Waals surface area contributed by atoms with Gasteiger partial charge in [-0.2, -0.15) is 0 Å². The van der Waals surface area contributed by atoms with Crippen molar-refractivity contribution in [2.24, 2.45) is 11.7 Å². The van der Waals surface area contributed by atoms with Gasteiger partial charge in [0.25, 0.3) is 0 Å². The molecule has 0 amide bonds. The Morgan fingerprint density at radius 1 is 1.38 bits per heavy atom. The lowest BCUT2D eigenvalue weighted by atomic mass is 10.0. The first-order valence-electron chi connectivity index (χ1n) is 4.35. The van der Waals surface area contributed by atoms with Gasteiger partial charge in [-0.15, -0.1) is 0 Å². The van der Waals surface area contributed by atoms with Gasteiger partial charge in [0.15, 0.2) is 12.4 Å². The number of ether oxygens (including phenoxy) is 1. The van der Waals surface area contributed by atoms with E-state index in [0.29, 0.717) is 12.3 Å². The van der Waals surface area contributed by atoms with Gasteiger partial charge in [-0.25, -0.2) is 0 Å². The molecule has 0 aliphatic heterocycles. The van der Waals surface area contributed by atoms with E-state index in [1.165, 1.54) is 6.92 Å². The molecule has 0 saturated carbocycles. The third-order valence-corrected chi connectivity index (χ3v) is 1.56. The summed E-state index contributed by atoms with van der Waals surface area (Å²) in [6.45, 7) is 5.03. The fourth-order valence-electron chi connectivity index (χ4n) is 0.919. The minimum Gasteiger partial charge on any atom is -0.458 e. The van der Waals surface area contributed by atoms with Crippen molar-refractivity contribution in [1.29, 1.82) is 0 Å². The lowest BCUT2D eigenvalue weighted by Gasteiger charge is -2.12. The first-order chi connectivity index (χ1) is 5.93. The highest BCUT2D eigenvalue weighted by Crippen LogP contribution is 2.03. The standard InChI is InChI=1S/C9H17NO3/c1-6(2)4-8(10)9(12)5-13-7(3)11/h6,8H,4-5,10H2,1-3H3/t8-/m0/s1. The molecule has 0 fully saturated rings. The van der Waals surface area contributed by atoms with Gasteiger partial charge in [-0.05, 0) is 12.3 Å². The number of carbonyl (C=O) groups is 2. The second kappa shape index (κ2) is 5.70. The molecular formula is C9H17NO3. The quantitative estimate of drug-likeness (QED) is 0.636. The topological polar surface area (TPSA) is 69.4 Å². The molecule has 0 heterocycles. The van der Waals surface area contributed by atoms with E-state index >= 15 is 0 Å². The van der Waals surface area contributed by atoms with Crippen LogP contribution in [0, 0.1) is 5.92 Å². The van der Waals surface area contributed by atoms with Gasteiger partial charge in [-0.1, -0.05) is 13.8 Å². The zero-order chi connectivity index (χ0) is 10.4. The molecule has 0 aromatic carbocycles. The second-order valence-corrected chi connectivity index (χ2v) is 3.48. The summed E-state index contributed by atoms with van der Waals surface area (Å²) >= 11 is 0. The molecule has 0 aliphatic carbocycles. The molecule has 0 aliphatic rings. The Bertz CT molecular complexity index is 189. The zero-order valence-corrected chi connectivity index (χ0v) is 8.37. The van der Waals surface area contributed by atoms with Crippen LogP contribution in [0.5, 0.6) is 0 Å². The van der Waals surface area contributed by atoms with Gasteiger partial charge in [0.1, 0.15) is 0 Å². The Labute approximate surface area is 78.4 Å². The molecule has 13 heavy (non-hydrogen) atoms. The summed E-state index contributed by atoms with van der Waals surface area (Å²) in [5.41, 5.74) is 5.56. The number of hydrogen-bond acceptors (Lipinski definition) is 4. The largest absolute Gasteiger partial charge is 0.458 e. The molecular weight excluding hydrogens is 170 g/mol. The summed E-state index contributed by atoms with van der Waals surface area (Å²) in [5.74, 6) is -0.301. The summed E-state index contributed by atoms with van der Waals surface area (Å²) < 4.78 is 4.54. The van der Waals surface area contributed by atoms with Gasteiger partial charge in [0, 0.05) is 6.92 Å². The molecule has 1 atom stereocenters. The predicted molar refractivity (Wildman–Crippen MR) is 49.1 cm³/mol. The number of ketones is 1. The van der Waals surface area contributed by atoms with Crippen molar-refractivity contribution in [3.8, 4) is 0 Å². The van der Waals surface area contributed by atoms with Crippen LogP contribution in [-0.4, -0.2) is 24.4 Å². The Morgan fingerprint density at radius 2 is 1.92 bits per heavy atom. The maximum Gasteiger partial charge on any atom is 0.303 e. The molecule has 0 bridgehead atoms. The normalized spacial score (nSPS) is 12.7. The molecule has 76 valence electrons. The lowest BCUT2D eigenvalue weighted by Crippen LogP contribution is -2.35. The lowest BCUT2D eigenvalue weighted by molar-refractivity contribution is -0.146. The smallest absolute Gasteiger partial charge is 0.303 e. The highest BCUT2D eigenvalue weighted by atomic mass is 16.5. The Balaban J connectivity index is 3.76. The Kier molecular flexibility index (Phi) is 5.30. The number of hydrogen-bond donors (Lipinski definition) is 1. The number of Topliss-reactive ketones (excluding diaryl/α,β-unsaturated/α-hetero) is 1. The highest BCUT2D eigenvalue weighted by Gasteiger charge is 2.15. The van der Waals surface area contributed by atoms with Crippen molar-refractivity contribution >= 4 is 11.8 Å². The van der Waals surface area contributed by atoms with Crippen molar-refractivity contribution in [3.63, 3.8) is 0 Å². The fourth-order valence-corrected chi connectivity index (χ4v) is 0.919. The molecule has 0 aromatic heterocycles. The van der Waals surface area contributed by atoms with E-state index in [1.54, 1.807) is 0 Å². The van der Waals surface area contributed by atoms with E-state index in [0.717, 1.165) is 0 Å². The molecule has 0 unspecified atom stereocenters. The van der Waals surface area contributed by atoms with Crippen LogP contribution in [-0.2, 0) is 14.3 Å². The van der Waals surface area contributed by atoms with E-state index < -0.39 is 12.0 Å². The van der Waals surface area contributed by atoms with Crippen molar-refractivity contribution in [2.75, 3.05) is 6.61 Å². The number of nitrogens with two attached hydrogens (primary N) is 1. The molecule has 0 rings (SSSR count). The second-order valence-electron chi connectivity index (χ2n) is 3.48. The molecule has 4 heteroatoms. The monoisotopic (exact) mass is 187 g/mol. The first-order valence-corrected chi connectivity index (χ1v) is 4.35. The van der Waals surface area contributed by atoms with Gasteiger partial charge >= 0.3 is 5.97 Å². The summed E-state index contributed by atoms with van der Waals surface area (Å²) in [7, 11) is 0. The van der Waals surface area contributed by atoms with Crippen LogP contribution in [0.1, 0.15) is 27.2 Å². The number of rotatable bonds is 5. The van der Waals surface area contributed by atoms with Crippen molar-refractivity contribution in [3.05, 3.63) is 0 Å². The third kappa shape index (κ3) is 6.28. The third-order valence-electron chi connectivity index (χ3n) is 1.56. The number of esters is 1. The Hall–Kier alpha value is -0.900. The maximum absolute atomic E-state index is 11.2. The highest BCUT2D eigenvalue weighted by molar-refractivity contribution is 5.86. The molecule has 0 saturated heterocycles. The molecule has 4 nitrogen and oxygen atoms in total. The van der Waals surface area contributed by atoms with Crippen LogP contribution in [0.15, 0.2) is 0 Å². The summed E-state index contributed by atoms with van der Waals surface area (Å²) in [6.07, 6.45) is 0.625. The van der Waals surface area contributed by atoms with E-state index in [1.807, 2.05) is 13.8 Å². The maximum atomic E-state index is 11.2. The van der Waals surface area contributed by atoms with Gasteiger partial charge in [-0.3, -0.25) is 9.59 Å². The van der Waals surface area contributed by atoms with Gasteiger partial charge in [0.2, 0.25) is 0 Å². The van der Waals surface area contributed by atoms with Crippen LogP contribution in [0.3, 0.4) is 0 Å². The summed E-state index contributed by atoms with van der Waals surface area (Å²) in [5, 5.41) is 0. The average Bonchev–Trinajstić information content (AvgIpc) is 1.98. The van der Waals surface area contributed by atoms with E-state index in [9.17, 15) is 9.59 Å². The SMILES string of the molecule is CC(=O)OCC(=O)[C@@H](N)CC(C)C. The van der Waals surface area contributed by atoms with Crippen molar-refractivity contribution in [2.45, 2.75) is 33.2 Å². The average molecular weight is 187 g/mol. The van der Waals surface area contributed by atoms with Gasteiger partial charge < -0.3 is 10.5 Å².